The average molecular weight is 422 g/mol. The van der Waals surface area contributed by atoms with E-state index < -0.39 is 5.54 Å². The van der Waals surface area contributed by atoms with Gasteiger partial charge in [-0.1, -0.05) is 42.1 Å². The highest BCUT2D eigenvalue weighted by Gasteiger charge is 2.43. The van der Waals surface area contributed by atoms with Crippen LogP contribution in [0.25, 0.3) is 17.1 Å². The van der Waals surface area contributed by atoms with E-state index in [0.29, 0.717) is 16.7 Å². The SMILES string of the molecule is CC(C#N)(NC(=O)CSc1nnc(-c2ccccc2)n1-c1ccc(F)cc1)C1CC1. The molecule has 1 aliphatic rings. The standard InChI is InChI=1S/C22H20FN5OS/c1-22(14-24,16-7-8-16)25-19(29)13-30-21-27-26-20(15-5-3-2-4-6-15)28(21)18-11-9-17(23)10-12-18/h2-6,9-12,16H,7-8,13H2,1H3,(H,25,29). The number of nitrogens with one attached hydrogen (secondary N) is 1. The molecule has 1 aromatic heterocycles. The molecule has 1 atom stereocenters. The summed E-state index contributed by atoms with van der Waals surface area (Å²) in [5.74, 6) is 0.343. The zero-order valence-electron chi connectivity index (χ0n) is 16.4. The molecule has 0 saturated heterocycles. The Balaban J connectivity index is 1.59. The van der Waals surface area contributed by atoms with Crippen molar-refractivity contribution in [3.8, 4) is 23.1 Å². The molecule has 2 aromatic carbocycles. The molecule has 0 radical (unpaired) electrons. The van der Waals surface area contributed by atoms with Crippen molar-refractivity contribution in [2.45, 2.75) is 30.5 Å². The van der Waals surface area contributed by atoms with Crippen molar-refractivity contribution in [3.05, 3.63) is 60.4 Å². The molecule has 4 rings (SSSR count). The Bertz CT molecular complexity index is 1090. The maximum atomic E-state index is 13.4. The van der Waals surface area contributed by atoms with Crippen LogP contribution in [0, 0.1) is 23.1 Å². The fourth-order valence-electron chi connectivity index (χ4n) is 3.30. The summed E-state index contributed by atoms with van der Waals surface area (Å²) in [5.41, 5.74) is 0.719. The van der Waals surface area contributed by atoms with Gasteiger partial charge in [-0.3, -0.25) is 9.36 Å². The Morgan fingerprint density at radius 3 is 2.57 bits per heavy atom. The lowest BCUT2D eigenvalue weighted by molar-refractivity contribution is -0.119. The number of benzene rings is 2. The molecule has 1 N–H and O–H groups in total. The van der Waals surface area contributed by atoms with Gasteiger partial charge in [0, 0.05) is 11.3 Å². The number of amides is 1. The number of halogens is 1. The van der Waals surface area contributed by atoms with Gasteiger partial charge < -0.3 is 5.32 Å². The third-order valence-corrected chi connectivity index (χ3v) is 6.04. The molecule has 1 saturated carbocycles. The summed E-state index contributed by atoms with van der Waals surface area (Å²) in [6.45, 7) is 1.77. The van der Waals surface area contributed by atoms with Gasteiger partial charge in [0.15, 0.2) is 11.0 Å². The third-order valence-electron chi connectivity index (χ3n) is 5.11. The Morgan fingerprint density at radius 2 is 1.93 bits per heavy atom. The van der Waals surface area contributed by atoms with Gasteiger partial charge in [0.05, 0.1) is 11.8 Å². The molecule has 0 spiro atoms. The summed E-state index contributed by atoms with van der Waals surface area (Å²) >= 11 is 1.23. The van der Waals surface area contributed by atoms with Gasteiger partial charge >= 0.3 is 0 Å². The number of hydrogen-bond acceptors (Lipinski definition) is 5. The van der Waals surface area contributed by atoms with Crippen LogP contribution in [-0.2, 0) is 4.79 Å². The first-order valence-electron chi connectivity index (χ1n) is 9.62. The Morgan fingerprint density at radius 1 is 1.23 bits per heavy atom. The molecule has 0 aliphatic heterocycles. The zero-order chi connectivity index (χ0) is 21.1. The number of carbonyl (C=O) groups excluding carboxylic acids is 1. The van der Waals surface area contributed by atoms with Gasteiger partial charge in [-0.05, 0) is 49.9 Å². The fourth-order valence-corrected chi connectivity index (χ4v) is 4.05. The second-order valence-corrected chi connectivity index (χ2v) is 8.35. The van der Waals surface area contributed by atoms with Crippen LogP contribution in [-0.4, -0.2) is 32.0 Å². The van der Waals surface area contributed by atoms with E-state index in [9.17, 15) is 14.4 Å². The van der Waals surface area contributed by atoms with E-state index in [4.69, 9.17) is 0 Å². The number of aromatic nitrogens is 3. The molecule has 1 amide bonds. The molecule has 6 nitrogen and oxygen atoms in total. The highest BCUT2D eigenvalue weighted by molar-refractivity contribution is 7.99. The van der Waals surface area contributed by atoms with Crippen LogP contribution in [0.15, 0.2) is 59.8 Å². The van der Waals surface area contributed by atoms with Crippen LogP contribution < -0.4 is 5.32 Å². The lowest BCUT2D eigenvalue weighted by Crippen LogP contribution is -2.47. The molecule has 8 heteroatoms. The van der Waals surface area contributed by atoms with E-state index in [0.717, 1.165) is 18.4 Å². The summed E-state index contributed by atoms with van der Waals surface area (Å²) in [7, 11) is 0. The highest BCUT2D eigenvalue weighted by Crippen LogP contribution is 2.39. The van der Waals surface area contributed by atoms with Crippen molar-refractivity contribution in [2.24, 2.45) is 5.92 Å². The minimum Gasteiger partial charge on any atom is -0.337 e. The first-order chi connectivity index (χ1) is 14.5. The topological polar surface area (TPSA) is 83.6 Å². The molecule has 0 bridgehead atoms. The molecule has 1 unspecified atom stereocenters. The average Bonchev–Trinajstić information content (AvgIpc) is 3.54. The van der Waals surface area contributed by atoms with E-state index in [-0.39, 0.29) is 23.4 Å². The Kier molecular flexibility index (Phi) is 5.55. The lowest BCUT2D eigenvalue weighted by Gasteiger charge is -2.22. The minimum absolute atomic E-state index is 0.0953. The van der Waals surface area contributed by atoms with Crippen LogP contribution in [0.2, 0.25) is 0 Å². The minimum atomic E-state index is -0.836. The summed E-state index contributed by atoms with van der Waals surface area (Å²) in [4.78, 5) is 12.5. The van der Waals surface area contributed by atoms with Crippen molar-refractivity contribution in [1.82, 2.24) is 20.1 Å². The number of rotatable bonds is 7. The van der Waals surface area contributed by atoms with E-state index >= 15 is 0 Å². The second kappa shape index (κ2) is 8.28. The highest BCUT2D eigenvalue weighted by atomic mass is 32.2. The van der Waals surface area contributed by atoms with Crippen LogP contribution in [0.1, 0.15) is 19.8 Å². The van der Waals surface area contributed by atoms with E-state index in [1.54, 1.807) is 23.6 Å². The number of nitrogens with zero attached hydrogens (tertiary/aromatic N) is 4. The summed E-state index contributed by atoms with van der Waals surface area (Å²) in [5, 5.41) is 21.4. The van der Waals surface area contributed by atoms with Crippen molar-refractivity contribution < 1.29 is 9.18 Å². The normalized spacial score (nSPS) is 15.2. The molecular formula is C22H20FN5OS. The van der Waals surface area contributed by atoms with Crippen LogP contribution >= 0.6 is 11.8 Å². The predicted molar refractivity (Wildman–Crippen MR) is 112 cm³/mol. The van der Waals surface area contributed by atoms with Crippen molar-refractivity contribution in [1.29, 1.82) is 5.26 Å². The van der Waals surface area contributed by atoms with Crippen LogP contribution in [0.4, 0.5) is 4.39 Å². The van der Waals surface area contributed by atoms with Crippen molar-refractivity contribution >= 4 is 17.7 Å². The molecule has 3 aromatic rings. The van der Waals surface area contributed by atoms with Gasteiger partial charge in [-0.15, -0.1) is 10.2 Å². The van der Waals surface area contributed by atoms with Crippen LogP contribution in [0.3, 0.4) is 0 Å². The summed E-state index contributed by atoms with van der Waals surface area (Å²) in [6, 6.07) is 17.8. The van der Waals surface area contributed by atoms with Gasteiger partial charge in [0.1, 0.15) is 11.4 Å². The zero-order valence-corrected chi connectivity index (χ0v) is 17.2. The fraction of sp³-hybridized carbons (Fsp3) is 0.273. The molecule has 1 fully saturated rings. The maximum absolute atomic E-state index is 13.4. The van der Waals surface area contributed by atoms with E-state index in [1.165, 1.54) is 23.9 Å². The Labute approximate surface area is 178 Å². The van der Waals surface area contributed by atoms with E-state index in [2.05, 4.69) is 21.6 Å². The monoisotopic (exact) mass is 421 g/mol. The van der Waals surface area contributed by atoms with Gasteiger partial charge in [0.2, 0.25) is 5.91 Å². The van der Waals surface area contributed by atoms with Crippen molar-refractivity contribution in [3.63, 3.8) is 0 Å². The molecule has 152 valence electrons. The number of carbonyl (C=O) groups is 1. The quantitative estimate of drug-likeness (QED) is 0.584. The van der Waals surface area contributed by atoms with Crippen molar-refractivity contribution in [2.75, 3.05) is 5.75 Å². The summed E-state index contributed by atoms with van der Waals surface area (Å²) in [6.07, 6.45) is 1.91. The lowest BCUT2D eigenvalue weighted by atomic mass is 9.98. The van der Waals surface area contributed by atoms with E-state index in [1.807, 2.05) is 30.3 Å². The second-order valence-electron chi connectivity index (χ2n) is 7.41. The van der Waals surface area contributed by atoms with Gasteiger partial charge in [-0.25, -0.2) is 4.39 Å². The summed E-state index contributed by atoms with van der Waals surface area (Å²) < 4.78 is 15.2. The first kappa shape index (κ1) is 20.1. The number of hydrogen-bond donors (Lipinski definition) is 1. The number of nitriles is 1. The molecule has 30 heavy (non-hydrogen) atoms. The molecular weight excluding hydrogens is 401 g/mol. The molecule has 1 aliphatic carbocycles. The van der Waals surface area contributed by atoms with Gasteiger partial charge in [-0.2, -0.15) is 5.26 Å². The smallest absolute Gasteiger partial charge is 0.231 e. The third kappa shape index (κ3) is 4.21. The number of thioether (sulfide) groups is 1. The predicted octanol–water partition coefficient (Wildman–Crippen LogP) is 3.97. The Hall–Kier alpha value is -3.18. The first-order valence-corrected chi connectivity index (χ1v) is 10.6. The van der Waals surface area contributed by atoms with Crippen LogP contribution in [0.5, 0.6) is 0 Å². The molecule has 1 heterocycles. The van der Waals surface area contributed by atoms with Gasteiger partial charge in [0.25, 0.3) is 0 Å². The largest absolute Gasteiger partial charge is 0.337 e. The maximum Gasteiger partial charge on any atom is 0.231 e.